The third-order valence-electron chi connectivity index (χ3n) is 5.77. The number of nitrogens with zero attached hydrogens (tertiary/aromatic N) is 2. The molecule has 1 fully saturated rings. The number of rotatable bonds is 4. The minimum Gasteiger partial charge on any atom is -0.451 e. The number of para-hydroxylation sites is 1. The van der Waals surface area contributed by atoms with E-state index in [1.165, 1.54) is 12.1 Å². The lowest BCUT2D eigenvalue weighted by Crippen LogP contribution is -2.09. The van der Waals surface area contributed by atoms with Crippen molar-refractivity contribution in [3.63, 3.8) is 0 Å². The van der Waals surface area contributed by atoms with Crippen molar-refractivity contribution < 1.29 is 13.9 Å². The monoisotopic (exact) mass is 424 g/mol. The number of halogens is 1. The predicted octanol–water partition coefficient (Wildman–Crippen LogP) is 5.92. The molecule has 0 aliphatic carbocycles. The maximum atomic E-state index is 13.5. The molecule has 0 spiro atoms. The summed E-state index contributed by atoms with van der Waals surface area (Å²) in [6.45, 7) is 6.01. The molecule has 0 saturated carbocycles. The highest BCUT2D eigenvalue weighted by molar-refractivity contribution is 5.92. The van der Waals surface area contributed by atoms with Crippen LogP contribution in [0.2, 0.25) is 0 Å². The Bertz CT molecular complexity index is 1290. The second-order valence-corrected chi connectivity index (χ2v) is 7.95. The minimum atomic E-state index is -0.595. The van der Waals surface area contributed by atoms with Crippen LogP contribution in [0.15, 0.2) is 97.1 Å². The van der Waals surface area contributed by atoms with Crippen LogP contribution in [0, 0.1) is 12.7 Å². The second-order valence-electron chi connectivity index (χ2n) is 7.95. The summed E-state index contributed by atoms with van der Waals surface area (Å²) >= 11 is 0. The number of aromatic nitrogens is 2. The first kappa shape index (κ1) is 19.9. The van der Waals surface area contributed by atoms with Gasteiger partial charge in [-0.1, -0.05) is 54.6 Å². The van der Waals surface area contributed by atoms with Gasteiger partial charge in [0, 0.05) is 11.1 Å². The average molecular weight is 424 g/mol. The molecule has 0 amide bonds. The molecule has 4 aromatic rings. The van der Waals surface area contributed by atoms with E-state index in [0.29, 0.717) is 11.3 Å². The molecule has 32 heavy (non-hydrogen) atoms. The molecule has 5 rings (SSSR count). The van der Waals surface area contributed by atoms with Crippen LogP contribution in [-0.4, -0.2) is 15.7 Å². The number of esters is 1. The second kappa shape index (κ2) is 7.93. The molecule has 5 heteroatoms. The lowest BCUT2D eigenvalue weighted by molar-refractivity contribution is -0.139. The molecular weight excluding hydrogens is 403 g/mol. The Hall–Kier alpha value is -3.99. The first-order valence-corrected chi connectivity index (χ1v) is 10.4. The van der Waals surface area contributed by atoms with Gasteiger partial charge in [0.15, 0.2) is 6.10 Å². The molecule has 158 valence electrons. The fourth-order valence-corrected chi connectivity index (χ4v) is 4.08. The van der Waals surface area contributed by atoms with Gasteiger partial charge in [-0.2, -0.15) is 5.10 Å². The number of hydrogen-bond donors (Lipinski definition) is 0. The summed E-state index contributed by atoms with van der Waals surface area (Å²) in [6.07, 6.45) is -0.595. The molecule has 1 aromatic heterocycles. The van der Waals surface area contributed by atoms with Crippen molar-refractivity contribution in [2.75, 3.05) is 0 Å². The largest absolute Gasteiger partial charge is 0.451 e. The van der Waals surface area contributed by atoms with Crippen LogP contribution in [0.25, 0.3) is 16.9 Å². The minimum absolute atomic E-state index is 0.305. The summed E-state index contributed by atoms with van der Waals surface area (Å²) < 4.78 is 21.1. The smallest absolute Gasteiger partial charge is 0.334 e. The van der Waals surface area contributed by atoms with Crippen molar-refractivity contribution in [1.29, 1.82) is 0 Å². The molecule has 0 N–H and O–H groups in total. The molecule has 1 aliphatic heterocycles. The Morgan fingerprint density at radius 1 is 0.969 bits per heavy atom. The maximum Gasteiger partial charge on any atom is 0.334 e. The van der Waals surface area contributed by atoms with Crippen molar-refractivity contribution >= 4 is 5.97 Å². The zero-order valence-electron chi connectivity index (χ0n) is 17.5. The van der Waals surface area contributed by atoms with E-state index in [9.17, 15) is 9.18 Å². The normalized spacial score (nSPS) is 18.1. The Labute approximate surface area is 185 Å². The van der Waals surface area contributed by atoms with Crippen LogP contribution in [0.1, 0.15) is 28.8 Å². The molecule has 3 aromatic carbocycles. The lowest BCUT2D eigenvalue weighted by Gasteiger charge is -2.16. The van der Waals surface area contributed by atoms with Gasteiger partial charge in [-0.15, -0.1) is 0 Å². The van der Waals surface area contributed by atoms with E-state index in [0.717, 1.165) is 28.1 Å². The van der Waals surface area contributed by atoms with Gasteiger partial charge in [0.1, 0.15) is 11.5 Å². The molecule has 4 nitrogen and oxygen atoms in total. The Morgan fingerprint density at radius 3 is 2.34 bits per heavy atom. The van der Waals surface area contributed by atoms with Crippen LogP contribution in [0.5, 0.6) is 0 Å². The van der Waals surface area contributed by atoms with Crippen LogP contribution in [0.4, 0.5) is 4.39 Å². The highest BCUT2D eigenvalue weighted by Crippen LogP contribution is 2.45. The molecule has 1 saturated heterocycles. The van der Waals surface area contributed by atoms with Gasteiger partial charge in [0.25, 0.3) is 0 Å². The van der Waals surface area contributed by atoms with Gasteiger partial charge in [-0.25, -0.2) is 13.9 Å². The molecule has 0 radical (unpaired) electrons. The van der Waals surface area contributed by atoms with Crippen LogP contribution < -0.4 is 0 Å². The first-order valence-electron chi connectivity index (χ1n) is 10.4. The van der Waals surface area contributed by atoms with E-state index in [1.807, 2.05) is 67.6 Å². The van der Waals surface area contributed by atoms with Gasteiger partial charge < -0.3 is 4.74 Å². The van der Waals surface area contributed by atoms with Gasteiger partial charge in [0.2, 0.25) is 0 Å². The van der Waals surface area contributed by atoms with E-state index in [-0.39, 0.29) is 11.7 Å². The van der Waals surface area contributed by atoms with Crippen LogP contribution >= 0.6 is 0 Å². The van der Waals surface area contributed by atoms with Gasteiger partial charge in [-0.05, 0) is 55.0 Å². The molecule has 0 bridgehead atoms. The van der Waals surface area contributed by atoms with Crippen molar-refractivity contribution in [1.82, 2.24) is 9.78 Å². The van der Waals surface area contributed by atoms with Crippen molar-refractivity contribution in [3.8, 4) is 16.9 Å². The number of cyclic esters (lactones) is 1. The predicted molar refractivity (Wildman–Crippen MR) is 121 cm³/mol. The summed E-state index contributed by atoms with van der Waals surface area (Å²) in [6, 6.07) is 25.9. The lowest BCUT2D eigenvalue weighted by atomic mass is 9.87. The Balaban J connectivity index is 1.64. The number of benzene rings is 3. The van der Waals surface area contributed by atoms with Gasteiger partial charge in [-0.3, -0.25) is 0 Å². The van der Waals surface area contributed by atoms with Crippen molar-refractivity contribution in [3.05, 3.63) is 120 Å². The molecule has 2 heterocycles. The number of aryl methyl sites for hydroxylation is 1. The quantitative estimate of drug-likeness (QED) is 0.301. The van der Waals surface area contributed by atoms with Crippen molar-refractivity contribution in [2.24, 2.45) is 0 Å². The zero-order valence-corrected chi connectivity index (χ0v) is 17.5. The van der Waals surface area contributed by atoms with Gasteiger partial charge in [0.05, 0.1) is 17.3 Å². The third kappa shape index (κ3) is 3.52. The van der Waals surface area contributed by atoms with Crippen LogP contribution in [-0.2, 0) is 9.53 Å². The zero-order chi connectivity index (χ0) is 22.2. The summed E-state index contributed by atoms with van der Waals surface area (Å²) in [4.78, 5) is 12.5. The summed E-state index contributed by atoms with van der Waals surface area (Å²) in [7, 11) is 0. The number of ether oxygens (including phenoxy) is 1. The third-order valence-corrected chi connectivity index (χ3v) is 5.77. The SMILES string of the molecule is C=C1C(=O)O[C@H](c2cc(-c3ccc(F)cc3)n(-c3ccccc3)n2)[C@H]1c1ccc(C)cc1. The van der Waals surface area contributed by atoms with Crippen LogP contribution in [0.3, 0.4) is 0 Å². The average Bonchev–Trinajstić information content (AvgIpc) is 3.37. The Morgan fingerprint density at radius 2 is 1.66 bits per heavy atom. The number of hydrogen-bond acceptors (Lipinski definition) is 3. The fraction of sp³-hybridized carbons (Fsp3) is 0.111. The number of carbonyl (C=O) groups is 1. The highest BCUT2D eigenvalue weighted by Gasteiger charge is 2.42. The molecule has 2 atom stereocenters. The maximum absolute atomic E-state index is 13.5. The first-order chi connectivity index (χ1) is 15.5. The number of carbonyl (C=O) groups excluding carboxylic acids is 1. The molecule has 1 aliphatic rings. The molecular formula is C27H21FN2O2. The summed E-state index contributed by atoms with van der Waals surface area (Å²) in [5, 5.41) is 4.83. The van der Waals surface area contributed by atoms with E-state index >= 15 is 0 Å². The highest BCUT2D eigenvalue weighted by atomic mass is 19.1. The van der Waals surface area contributed by atoms with E-state index in [4.69, 9.17) is 9.84 Å². The molecule has 0 unspecified atom stereocenters. The van der Waals surface area contributed by atoms with E-state index in [2.05, 4.69) is 6.58 Å². The fourth-order valence-electron chi connectivity index (χ4n) is 4.08. The summed E-state index contributed by atoms with van der Waals surface area (Å²) in [5.74, 6) is -1.05. The van der Waals surface area contributed by atoms with Gasteiger partial charge >= 0.3 is 5.97 Å². The Kier molecular flexibility index (Phi) is 4.94. The topological polar surface area (TPSA) is 44.1 Å². The summed E-state index contributed by atoms with van der Waals surface area (Å²) in [5.41, 5.74) is 5.56. The standard InChI is InChI=1S/C27H21FN2O2/c1-17-8-10-20(11-9-17)25-18(2)27(31)32-26(25)23-16-24(19-12-14-21(28)15-13-19)30(29-23)22-6-4-3-5-7-22/h3-16,25-26H,2H2,1H3/t25-,26-/m1/s1. The van der Waals surface area contributed by atoms with Crippen molar-refractivity contribution in [2.45, 2.75) is 18.9 Å². The van der Waals surface area contributed by atoms with E-state index in [1.54, 1.807) is 16.8 Å². The van der Waals surface area contributed by atoms with E-state index < -0.39 is 12.1 Å².